The van der Waals surface area contributed by atoms with Crippen LogP contribution in [0.5, 0.6) is 11.5 Å². The Labute approximate surface area is 145 Å². The molecule has 0 N–H and O–H groups in total. The van der Waals surface area contributed by atoms with Gasteiger partial charge in [-0.05, 0) is 30.3 Å². The van der Waals surface area contributed by atoms with E-state index in [0.29, 0.717) is 11.1 Å². The molecule has 0 aliphatic carbocycles. The van der Waals surface area contributed by atoms with Gasteiger partial charge in [0.25, 0.3) is 0 Å². The molecule has 118 valence electrons. The lowest BCUT2D eigenvalue weighted by Gasteiger charge is -2.05. The van der Waals surface area contributed by atoms with Crippen LogP contribution in [0.1, 0.15) is 10.7 Å². The van der Waals surface area contributed by atoms with Crippen LogP contribution in [0, 0.1) is 5.82 Å². The van der Waals surface area contributed by atoms with Gasteiger partial charge in [-0.3, -0.25) is 0 Å². The van der Waals surface area contributed by atoms with Crippen LogP contribution < -0.4 is 9.47 Å². The average molecular weight is 394 g/mol. The van der Waals surface area contributed by atoms with Crippen LogP contribution in [0.15, 0.2) is 58.4 Å². The van der Waals surface area contributed by atoms with Crippen LogP contribution in [0.3, 0.4) is 0 Å². The molecule has 6 heteroatoms. The van der Waals surface area contributed by atoms with Crippen LogP contribution in [0.2, 0.25) is 0 Å². The zero-order chi connectivity index (χ0) is 16.1. The maximum atomic E-state index is 13.7. The number of para-hydroxylation sites is 1. The highest BCUT2D eigenvalue weighted by atomic mass is 79.9. The highest BCUT2D eigenvalue weighted by Gasteiger charge is 2.07. The van der Waals surface area contributed by atoms with Gasteiger partial charge in [-0.1, -0.05) is 34.1 Å². The molecule has 2 aromatic carbocycles. The van der Waals surface area contributed by atoms with Gasteiger partial charge in [0.1, 0.15) is 24.0 Å². The summed E-state index contributed by atoms with van der Waals surface area (Å²) in [7, 11) is 0. The molecule has 23 heavy (non-hydrogen) atoms. The first kappa shape index (κ1) is 16.0. The smallest absolute Gasteiger partial charge is 0.166 e. The van der Waals surface area contributed by atoms with E-state index >= 15 is 0 Å². The van der Waals surface area contributed by atoms with Crippen molar-refractivity contribution in [2.75, 3.05) is 0 Å². The fourth-order valence-electron chi connectivity index (χ4n) is 1.89. The Balaban J connectivity index is 1.55. The number of hydrogen-bond donors (Lipinski definition) is 0. The zero-order valence-electron chi connectivity index (χ0n) is 12.0. The summed E-state index contributed by atoms with van der Waals surface area (Å²) in [5, 5.41) is 2.74. The van der Waals surface area contributed by atoms with Gasteiger partial charge in [-0.15, -0.1) is 11.3 Å². The van der Waals surface area contributed by atoms with Crippen molar-refractivity contribution in [3.8, 4) is 11.5 Å². The Morgan fingerprint density at radius 1 is 1.04 bits per heavy atom. The molecule has 3 nitrogen and oxygen atoms in total. The van der Waals surface area contributed by atoms with E-state index in [2.05, 4.69) is 20.9 Å². The summed E-state index contributed by atoms with van der Waals surface area (Å²) in [6, 6.07) is 14.3. The molecule has 1 heterocycles. The van der Waals surface area contributed by atoms with E-state index in [9.17, 15) is 4.39 Å². The molecular weight excluding hydrogens is 381 g/mol. The van der Waals surface area contributed by atoms with Gasteiger partial charge in [0.2, 0.25) is 0 Å². The third kappa shape index (κ3) is 4.53. The maximum absolute atomic E-state index is 13.7. The number of nitrogens with zero attached hydrogens (tertiary/aromatic N) is 1. The second-order valence-corrected chi connectivity index (χ2v) is 6.56. The Morgan fingerprint density at radius 2 is 1.87 bits per heavy atom. The highest BCUT2D eigenvalue weighted by Crippen LogP contribution is 2.23. The van der Waals surface area contributed by atoms with E-state index in [-0.39, 0.29) is 12.4 Å². The molecular formula is C17H13BrFNO2S. The second kappa shape index (κ2) is 7.57. The van der Waals surface area contributed by atoms with Crippen LogP contribution in [-0.2, 0) is 13.2 Å². The van der Waals surface area contributed by atoms with Crippen molar-refractivity contribution in [2.24, 2.45) is 0 Å². The van der Waals surface area contributed by atoms with Crippen LogP contribution >= 0.6 is 27.3 Å². The van der Waals surface area contributed by atoms with Crippen molar-refractivity contribution in [2.45, 2.75) is 13.2 Å². The molecule has 0 bridgehead atoms. The minimum absolute atomic E-state index is 0.211. The van der Waals surface area contributed by atoms with Crippen molar-refractivity contribution < 1.29 is 13.9 Å². The standard InChI is InChI=1S/C17H13BrFNO2S/c18-12-6-7-16(15(19)8-12)22-9-13-11-23-17(20-13)10-21-14-4-2-1-3-5-14/h1-8,11H,9-10H2. The molecule has 0 fully saturated rings. The minimum atomic E-state index is -0.401. The lowest BCUT2D eigenvalue weighted by Crippen LogP contribution is -1.99. The summed E-state index contributed by atoms with van der Waals surface area (Å²) < 4.78 is 25.5. The first-order chi connectivity index (χ1) is 11.2. The zero-order valence-corrected chi connectivity index (χ0v) is 14.4. The molecule has 0 saturated carbocycles. The number of rotatable bonds is 6. The van der Waals surface area contributed by atoms with Gasteiger partial charge in [0.15, 0.2) is 11.6 Å². The van der Waals surface area contributed by atoms with Crippen molar-refractivity contribution in [1.82, 2.24) is 4.98 Å². The molecule has 0 aliphatic rings. The van der Waals surface area contributed by atoms with Gasteiger partial charge in [-0.25, -0.2) is 9.37 Å². The van der Waals surface area contributed by atoms with Crippen LogP contribution in [-0.4, -0.2) is 4.98 Å². The van der Waals surface area contributed by atoms with Crippen molar-refractivity contribution >= 4 is 27.3 Å². The third-order valence-corrected chi connectivity index (χ3v) is 4.34. The monoisotopic (exact) mass is 393 g/mol. The molecule has 0 radical (unpaired) electrons. The van der Waals surface area contributed by atoms with Gasteiger partial charge in [0.05, 0.1) is 5.69 Å². The molecule has 0 amide bonds. The average Bonchev–Trinajstić information content (AvgIpc) is 3.01. The first-order valence-electron chi connectivity index (χ1n) is 6.90. The van der Waals surface area contributed by atoms with Gasteiger partial charge >= 0.3 is 0 Å². The largest absolute Gasteiger partial charge is 0.486 e. The summed E-state index contributed by atoms with van der Waals surface area (Å²) in [4.78, 5) is 4.42. The number of aromatic nitrogens is 1. The molecule has 3 rings (SSSR count). The third-order valence-electron chi connectivity index (χ3n) is 2.97. The van der Waals surface area contributed by atoms with E-state index in [0.717, 1.165) is 16.5 Å². The Kier molecular flexibility index (Phi) is 5.25. The molecule has 1 aromatic heterocycles. The molecule has 0 spiro atoms. The first-order valence-corrected chi connectivity index (χ1v) is 8.57. The number of halogens is 2. The number of hydrogen-bond acceptors (Lipinski definition) is 4. The molecule has 3 aromatic rings. The molecule has 0 aliphatic heterocycles. The lowest BCUT2D eigenvalue weighted by atomic mass is 10.3. The van der Waals surface area contributed by atoms with E-state index in [4.69, 9.17) is 9.47 Å². The number of ether oxygens (including phenoxy) is 2. The summed E-state index contributed by atoms with van der Waals surface area (Å²) in [5.41, 5.74) is 0.754. The van der Waals surface area contributed by atoms with E-state index in [1.54, 1.807) is 12.1 Å². The fourth-order valence-corrected chi connectivity index (χ4v) is 2.91. The summed E-state index contributed by atoms with van der Waals surface area (Å²) in [6.07, 6.45) is 0. The van der Waals surface area contributed by atoms with Crippen LogP contribution in [0.25, 0.3) is 0 Å². The topological polar surface area (TPSA) is 31.4 Å². The summed E-state index contributed by atoms with van der Waals surface area (Å²) >= 11 is 4.71. The normalized spacial score (nSPS) is 10.5. The molecule has 0 unspecified atom stereocenters. The molecule has 0 saturated heterocycles. The van der Waals surface area contributed by atoms with Gasteiger partial charge in [0, 0.05) is 9.85 Å². The van der Waals surface area contributed by atoms with Crippen molar-refractivity contribution in [3.05, 3.63) is 74.9 Å². The Morgan fingerprint density at radius 3 is 2.65 bits per heavy atom. The highest BCUT2D eigenvalue weighted by molar-refractivity contribution is 9.10. The minimum Gasteiger partial charge on any atom is -0.486 e. The summed E-state index contributed by atoms with van der Waals surface area (Å²) in [6.45, 7) is 0.627. The fraction of sp³-hybridized carbons (Fsp3) is 0.118. The van der Waals surface area contributed by atoms with Crippen molar-refractivity contribution in [3.63, 3.8) is 0 Å². The predicted molar refractivity (Wildman–Crippen MR) is 91.3 cm³/mol. The van der Waals surface area contributed by atoms with E-state index < -0.39 is 5.82 Å². The quantitative estimate of drug-likeness (QED) is 0.576. The number of benzene rings is 2. The SMILES string of the molecule is Fc1cc(Br)ccc1OCc1csc(COc2ccccc2)n1. The van der Waals surface area contributed by atoms with E-state index in [1.165, 1.54) is 17.4 Å². The van der Waals surface area contributed by atoms with Gasteiger partial charge < -0.3 is 9.47 Å². The van der Waals surface area contributed by atoms with E-state index in [1.807, 2.05) is 35.7 Å². The Hall–Kier alpha value is -1.92. The summed E-state index contributed by atoms with van der Waals surface area (Å²) in [5.74, 6) is 0.614. The second-order valence-electron chi connectivity index (χ2n) is 4.70. The lowest BCUT2D eigenvalue weighted by molar-refractivity contribution is 0.283. The maximum Gasteiger partial charge on any atom is 0.166 e. The predicted octanol–water partition coefficient (Wildman–Crippen LogP) is 5.20. The van der Waals surface area contributed by atoms with Gasteiger partial charge in [-0.2, -0.15) is 0 Å². The van der Waals surface area contributed by atoms with Crippen molar-refractivity contribution in [1.29, 1.82) is 0 Å². The van der Waals surface area contributed by atoms with Crippen LogP contribution in [0.4, 0.5) is 4.39 Å². The number of thiazole rings is 1. The Bertz CT molecular complexity index is 779. The molecule has 0 atom stereocenters.